The highest BCUT2D eigenvalue weighted by atomic mass is 35.5. The molecule has 25 heavy (non-hydrogen) atoms. The standard InChI is InChI=1S/C18H16ClN3O3/c1-12(23)20-16-9-2-13(3-10-16)4-11-17(24)21-22-18(25)14-5-7-15(19)8-6-14/h2-11H,1H3,(H,20,23)(H,21,24)(H,22,25)/b11-4+. The lowest BCUT2D eigenvalue weighted by Crippen LogP contribution is -2.40. The van der Waals surface area contributed by atoms with Crippen LogP contribution in [0.1, 0.15) is 22.8 Å². The maximum absolute atomic E-state index is 11.8. The van der Waals surface area contributed by atoms with Crippen molar-refractivity contribution >= 4 is 41.1 Å². The van der Waals surface area contributed by atoms with E-state index >= 15 is 0 Å². The highest BCUT2D eigenvalue weighted by Gasteiger charge is 2.05. The van der Waals surface area contributed by atoms with Crippen LogP contribution in [0.15, 0.2) is 54.6 Å². The smallest absolute Gasteiger partial charge is 0.269 e. The fourth-order valence-corrected chi connectivity index (χ4v) is 2.01. The fraction of sp³-hybridized carbons (Fsp3) is 0.0556. The highest BCUT2D eigenvalue weighted by molar-refractivity contribution is 6.30. The molecule has 3 N–H and O–H groups in total. The molecule has 128 valence electrons. The number of amides is 3. The number of halogens is 1. The Balaban J connectivity index is 1.85. The van der Waals surface area contributed by atoms with Crippen LogP contribution < -0.4 is 16.2 Å². The summed E-state index contributed by atoms with van der Waals surface area (Å²) in [5.74, 6) is -1.08. The molecule has 0 fully saturated rings. The second kappa shape index (κ2) is 8.65. The molecule has 0 saturated heterocycles. The number of rotatable bonds is 4. The maximum atomic E-state index is 11.8. The monoisotopic (exact) mass is 357 g/mol. The third-order valence-electron chi connectivity index (χ3n) is 3.06. The van der Waals surface area contributed by atoms with Crippen LogP contribution in [0.2, 0.25) is 5.02 Å². The van der Waals surface area contributed by atoms with Crippen LogP contribution in [0.5, 0.6) is 0 Å². The van der Waals surface area contributed by atoms with Crippen molar-refractivity contribution in [2.24, 2.45) is 0 Å². The summed E-state index contributed by atoms with van der Waals surface area (Å²) in [6.45, 7) is 1.43. The van der Waals surface area contributed by atoms with E-state index in [1.807, 2.05) is 0 Å². The van der Waals surface area contributed by atoms with Crippen LogP contribution in [-0.4, -0.2) is 17.7 Å². The van der Waals surface area contributed by atoms with Gasteiger partial charge < -0.3 is 5.32 Å². The summed E-state index contributed by atoms with van der Waals surface area (Å²) in [6, 6.07) is 13.2. The molecule has 0 spiro atoms. The van der Waals surface area contributed by atoms with E-state index in [9.17, 15) is 14.4 Å². The number of nitrogens with one attached hydrogen (secondary N) is 3. The number of hydrogen-bond acceptors (Lipinski definition) is 3. The summed E-state index contributed by atoms with van der Waals surface area (Å²) in [5.41, 5.74) is 6.41. The highest BCUT2D eigenvalue weighted by Crippen LogP contribution is 2.11. The average Bonchev–Trinajstić information content (AvgIpc) is 2.59. The number of carbonyl (C=O) groups is 3. The van der Waals surface area contributed by atoms with Gasteiger partial charge in [-0.15, -0.1) is 0 Å². The molecule has 0 bridgehead atoms. The van der Waals surface area contributed by atoms with Gasteiger partial charge in [-0.2, -0.15) is 0 Å². The number of hydrogen-bond donors (Lipinski definition) is 3. The van der Waals surface area contributed by atoms with Gasteiger partial charge in [-0.05, 0) is 48.0 Å². The minimum absolute atomic E-state index is 0.154. The van der Waals surface area contributed by atoms with Crippen molar-refractivity contribution in [3.63, 3.8) is 0 Å². The van der Waals surface area contributed by atoms with E-state index in [1.54, 1.807) is 54.6 Å². The quantitative estimate of drug-likeness (QED) is 0.580. The molecule has 2 rings (SSSR count). The van der Waals surface area contributed by atoms with Crippen molar-refractivity contribution in [1.82, 2.24) is 10.9 Å². The SMILES string of the molecule is CC(=O)Nc1ccc(/C=C/C(=O)NNC(=O)c2ccc(Cl)cc2)cc1. The Morgan fingerprint density at radius 2 is 1.56 bits per heavy atom. The minimum atomic E-state index is -0.478. The number of benzene rings is 2. The lowest BCUT2D eigenvalue weighted by molar-refractivity contribution is -0.117. The van der Waals surface area contributed by atoms with E-state index in [2.05, 4.69) is 16.2 Å². The van der Waals surface area contributed by atoms with E-state index in [4.69, 9.17) is 11.6 Å². The van der Waals surface area contributed by atoms with Gasteiger partial charge >= 0.3 is 0 Å². The molecule has 2 aromatic rings. The molecule has 0 heterocycles. The van der Waals surface area contributed by atoms with Crippen LogP contribution >= 0.6 is 11.6 Å². The summed E-state index contributed by atoms with van der Waals surface area (Å²) in [7, 11) is 0. The van der Waals surface area contributed by atoms with Gasteiger partial charge in [0.05, 0.1) is 0 Å². The van der Waals surface area contributed by atoms with E-state index in [0.717, 1.165) is 5.56 Å². The predicted molar refractivity (Wildman–Crippen MR) is 96.8 cm³/mol. The second-order valence-corrected chi connectivity index (χ2v) is 5.52. The molecule has 0 aliphatic rings. The minimum Gasteiger partial charge on any atom is -0.326 e. The lowest BCUT2D eigenvalue weighted by Gasteiger charge is -2.05. The Labute approximate surface area is 149 Å². The zero-order valence-electron chi connectivity index (χ0n) is 13.4. The molecule has 7 heteroatoms. The zero-order chi connectivity index (χ0) is 18.2. The Bertz CT molecular complexity index is 799. The second-order valence-electron chi connectivity index (χ2n) is 5.09. The average molecular weight is 358 g/mol. The van der Waals surface area contributed by atoms with E-state index in [-0.39, 0.29) is 5.91 Å². The van der Waals surface area contributed by atoms with Gasteiger partial charge in [0.2, 0.25) is 5.91 Å². The molecular weight excluding hydrogens is 342 g/mol. The van der Waals surface area contributed by atoms with Crippen molar-refractivity contribution in [1.29, 1.82) is 0 Å². The van der Waals surface area contributed by atoms with E-state index < -0.39 is 11.8 Å². The molecule has 6 nitrogen and oxygen atoms in total. The van der Waals surface area contributed by atoms with Crippen LogP contribution in [0, 0.1) is 0 Å². The molecule has 0 aromatic heterocycles. The lowest BCUT2D eigenvalue weighted by atomic mass is 10.2. The molecular formula is C18H16ClN3O3. The summed E-state index contributed by atoms with van der Waals surface area (Å²) >= 11 is 5.75. The first-order valence-corrected chi connectivity index (χ1v) is 7.73. The van der Waals surface area contributed by atoms with E-state index in [0.29, 0.717) is 16.3 Å². The molecule has 0 atom stereocenters. The number of carbonyl (C=O) groups excluding carboxylic acids is 3. The van der Waals surface area contributed by atoms with Gasteiger partial charge in [-0.1, -0.05) is 23.7 Å². The van der Waals surface area contributed by atoms with Crippen molar-refractivity contribution in [3.8, 4) is 0 Å². The maximum Gasteiger partial charge on any atom is 0.269 e. The Kier molecular flexibility index (Phi) is 6.31. The summed E-state index contributed by atoms with van der Waals surface area (Å²) in [4.78, 5) is 34.5. The first-order chi connectivity index (χ1) is 11.9. The largest absolute Gasteiger partial charge is 0.326 e. The first-order valence-electron chi connectivity index (χ1n) is 7.35. The van der Waals surface area contributed by atoms with Gasteiger partial charge in [0.25, 0.3) is 11.8 Å². The van der Waals surface area contributed by atoms with Gasteiger partial charge in [0, 0.05) is 29.3 Å². The third kappa shape index (κ3) is 6.12. The van der Waals surface area contributed by atoms with Gasteiger partial charge in [-0.25, -0.2) is 0 Å². The van der Waals surface area contributed by atoms with Crippen LogP contribution in [0.25, 0.3) is 6.08 Å². The van der Waals surface area contributed by atoms with Crippen LogP contribution in [0.3, 0.4) is 0 Å². The number of hydrazine groups is 1. The molecule has 3 amide bonds. The summed E-state index contributed by atoms with van der Waals surface area (Å²) in [5, 5.41) is 3.17. The fourth-order valence-electron chi connectivity index (χ4n) is 1.89. The molecule has 0 aliphatic heterocycles. The molecule has 0 saturated carbocycles. The van der Waals surface area contributed by atoms with Crippen LogP contribution in [0.4, 0.5) is 5.69 Å². The first kappa shape index (κ1) is 18.2. The number of anilines is 1. The molecule has 2 aromatic carbocycles. The molecule has 0 aliphatic carbocycles. The third-order valence-corrected chi connectivity index (χ3v) is 3.32. The van der Waals surface area contributed by atoms with Crippen LogP contribution in [-0.2, 0) is 9.59 Å². The summed E-state index contributed by atoms with van der Waals surface area (Å²) < 4.78 is 0. The van der Waals surface area contributed by atoms with Crippen molar-refractivity contribution in [2.75, 3.05) is 5.32 Å². The Morgan fingerprint density at radius 1 is 0.920 bits per heavy atom. The Hall–Kier alpha value is -3.12. The van der Waals surface area contributed by atoms with Crippen molar-refractivity contribution in [2.45, 2.75) is 6.92 Å². The topological polar surface area (TPSA) is 87.3 Å². The van der Waals surface area contributed by atoms with Gasteiger partial charge in [-0.3, -0.25) is 25.2 Å². The molecule has 0 unspecified atom stereocenters. The predicted octanol–water partition coefficient (Wildman–Crippen LogP) is 2.77. The van der Waals surface area contributed by atoms with E-state index in [1.165, 1.54) is 13.0 Å². The normalized spacial score (nSPS) is 10.3. The van der Waals surface area contributed by atoms with Gasteiger partial charge in [0.15, 0.2) is 0 Å². The zero-order valence-corrected chi connectivity index (χ0v) is 14.1. The van der Waals surface area contributed by atoms with Gasteiger partial charge in [0.1, 0.15) is 0 Å². The molecule has 0 radical (unpaired) electrons. The summed E-state index contributed by atoms with van der Waals surface area (Å²) in [6.07, 6.45) is 2.87. The van der Waals surface area contributed by atoms with Crippen molar-refractivity contribution in [3.05, 3.63) is 70.8 Å². The Morgan fingerprint density at radius 3 is 2.16 bits per heavy atom. The van der Waals surface area contributed by atoms with Crippen molar-refractivity contribution < 1.29 is 14.4 Å².